The van der Waals surface area contributed by atoms with Crippen molar-refractivity contribution in [3.63, 3.8) is 0 Å². The average molecular weight is 597 g/mol. The molecule has 2 N–H and O–H groups in total. The van der Waals surface area contributed by atoms with Crippen LogP contribution in [0.2, 0.25) is 20.1 Å². The molecule has 1 aliphatic rings. The molecule has 3 aromatic rings. The van der Waals surface area contributed by atoms with Crippen molar-refractivity contribution < 1.29 is 21.6 Å². The SMILES string of the molecule is O=S(=O)(N[C@@H](C1=NNC(c2ccc(Cl)cc2)C1)c1ccc(Cl)cc1Cl)c1cc(C(F)(F)F)ccc1Cl. The number of halogens is 7. The zero-order valence-electron chi connectivity index (χ0n) is 18.0. The summed E-state index contributed by atoms with van der Waals surface area (Å²) in [6, 6.07) is 12.1. The van der Waals surface area contributed by atoms with Crippen LogP contribution in [0.25, 0.3) is 0 Å². The van der Waals surface area contributed by atoms with Gasteiger partial charge in [0.25, 0.3) is 0 Å². The van der Waals surface area contributed by atoms with E-state index in [4.69, 9.17) is 46.4 Å². The van der Waals surface area contributed by atoms with Gasteiger partial charge in [-0.2, -0.15) is 23.0 Å². The Labute approximate surface area is 225 Å². The summed E-state index contributed by atoms with van der Waals surface area (Å²) in [4.78, 5) is -0.727. The lowest BCUT2D eigenvalue weighted by atomic mass is 9.96. The molecule has 190 valence electrons. The van der Waals surface area contributed by atoms with Gasteiger partial charge in [0.2, 0.25) is 10.0 Å². The molecule has 0 fully saturated rings. The molecular formula is C23H16Cl4F3N3O2S. The summed E-state index contributed by atoms with van der Waals surface area (Å²) in [6.07, 6.45) is -4.50. The molecule has 13 heteroatoms. The van der Waals surface area contributed by atoms with E-state index >= 15 is 0 Å². The van der Waals surface area contributed by atoms with Crippen LogP contribution in [-0.4, -0.2) is 14.1 Å². The highest BCUT2D eigenvalue weighted by Gasteiger charge is 2.36. The molecule has 5 nitrogen and oxygen atoms in total. The molecule has 0 aliphatic carbocycles. The number of benzene rings is 3. The molecule has 0 amide bonds. The maximum Gasteiger partial charge on any atom is 0.416 e. The number of nitrogens with one attached hydrogen (secondary N) is 2. The molecule has 0 saturated heterocycles. The quantitative estimate of drug-likeness (QED) is 0.311. The minimum atomic E-state index is -4.76. The zero-order valence-corrected chi connectivity index (χ0v) is 21.8. The highest BCUT2D eigenvalue weighted by molar-refractivity contribution is 7.89. The van der Waals surface area contributed by atoms with Gasteiger partial charge in [-0.15, -0.1) is 0 Å². The van der Waals surface area contributed by atoms with Gasteiger partial charge in [-0.1, -0.05) is 64.6 Å². The lowest BCUT2D eigenvalue weighted by molar-refractivity contribution is -0.137. The third-order valence-corrected chi connectivity index (χ3v) is 8.20. The Kier molecular flexibility index (Phi) is 7.81. The van der Waals surface area contributed by atoms with Crippen molar-refractivity contribution in [2.45, 2.75) is 29.6 Å². The molecule has 36 heavy (non-hydrogen) atoms. The van der Waals surface area contributed by atoms with E-state index in [0.717, 1.165) is 11.6 Å². The van der Waals surface area contributed by atoms with Gasteiger partial charge in [-0.25, -0.2) is 8.42 Å². The topological polar surface area (TPSA) is 70.6 Å². The summed E-state index contributed by atoms with van der Waals surface area (Å²) < 4.78 is 68.8. The van der Waals surface area contributed by atoms with Crippen LogP contribution >= 0.6 is 46.4 Å². The van der Waals surface area contributed by atoms with Gasteiger partial charge in [0.05, 0.1) is 28.4 Å². The molecule has 0 saturated carbocycles. The van der Waals surface area contributed by atoms with Gasteiger partial charge in [-0.3, -0.25) is 0 Å². The first kappa shape index (κ1) is 27.0. The number of nitrogens with zero attached hydrogens (tertiary/aromatic N) is 1. The number of hydrogen-bond donors (Lipinski definition) is 2. The Balaban J connectivity index is 1.72. The third-order valence-electron chi connectivity index (χ3n) is 5.48. The summed E-state index contributed by atoms with van der Waals surface area (Å²) in [6.45, 7) is 0. The largest absolute Gasteiger partial charge is 0.416 e. The summed E-state index contributed by atoms with van der Waals surface area (Å²) in [5.41, 5.74) is 3.31. The average Bonchev–Trinajstić information content (AvgIpc) is 3.28. The Hall–Kier alpha value is -2.01. The minimum Gasteiger partial charge on any atom is -0.302 e. The fourth-order valence-electron chi connectivity index (χ4n) is 3.68. The molecule has 4 rings (SSSR count). The van der Waals surface area contributed by atoms with Crippen molar-refractivity contribution in [2.24, 2.45) is 5.10 Å². The van der Waals surface area contributed by atoms with Crippen molar-refractivity contribution in [3.05, 3.63) is 97.4 Å². The van der Waals surface area contributed by atoms with E-state index in [1.807, 2.05) is 0 Å². The fourth-order valence-corrected chi connectivity index (χ4v) is 6.06. The Morgan fingerprint density at radius 1 is 0.917 bits per heavy atom. The van der Waals surface area contributed by atoms with Gasteiger partial charge in [-0.05, 0) is 53.6 Å². The molecule has 0 bridgehead atoms. The molecule has 0 spiro atoms. The van der Waals surface area contributed by atoms with Crippen molar-refractivity contribution in [3.8, 4) is 0 Å². The summed E-state index contributed by atoms with van der Waals surface area (Å²) in [5.74, 6) is 0. The van der Waals surface area contributed by atoms with Gasteiger partial charge in [0.1, 0.15) is 4.90 Å². The highest BCUT2D eigenvalue weighted by atomic mass is 35.5. The second kappa shape index (κ2) is 10.4. The van der Waals surface area contributed by atoms with E-state index in [-0.39, 0.29) is 22.5 Å². The molecule has 1 unspecified atom stereocenters. The number of sulfonamides is 1. The molecule has 3 aromatic carbocycles. The normalized spacial score (nSPS) is 17.0. The van der Waals surface area contributed by atoms with Gasteiger partial charge >= 0.3 is 6.18 Å². The molecule has 1 heterocycles. The molecule has 1 aliphatic heterocycles. The van der Waals surface area contributed by atoms with Crippen molar-refractivity contribution in [2.75, 3.05) is 0 Å². The number of hydrazone groups is 1. The molecule has 2 atom stereocenters. The second-order valence-corrected chi connectivity index (χ2v) is 11.3. The first-order chi connectivity index (χ1) is 16.8. The molecule has 0 aromatic heterocycles. The highest BCUT2D eigenvalue weighted by Crippen LogP contribution is 2.36. The lowest BCUT2D eigenvalue weighted by Crippen LogP contribution is -2.34. The van der Waals surface area contributed by atoms with Crippen LogP contribution in [0.3, 0.4) is 0 Å². The van der Waals surface area contributed by atoms with E-state index in [1.54, 1.807) is 24.3 Å². The Morgan fingerprint density at radius 2 is 1.58 bits per heavy atom. The van der Waals surface area contributed by atoms with Crippen LogP contribution in [-0.2, 0) is 16.2 Å². The van der Waals surface area contributed by atoms with Crippen LogP contribution in [0, 0.1) is 0 Å². The van der Waals surface area contributed by atoms with Crippen LogP contribution in [0.15, 0.2) is 70.7 Å². The second-order valence-electron chi connectivity index (χ2n) is 7.90. The summed E-state index contributed by atoms with van der Waals surface area (Å²) in [7, 11) is -4.57. The van der Waals surface area contributed by atoms with Gasteiger partial charge in [0, 0.05) is 21.5 Å². The first-order valence-electron chi connectivity index (χ1n) is 10.3. The van der Waals surface area contributed by atoms with Gasteiger partial charge in [0.15, 0.2) is 0 Å². The molecule has 0 radical (unpaired) electrons. The van der Waals surface area contributed by atoms with Crippen molar-refractivity contribution in [1.29, 1.82) is 0 Å². The van der Waals surface area contributed by atoms with Crippen molar-refractivity contribution in [1.82, 2.24) is 10.1 Å². The Morgan fingerprint density at radius 3 is 2.22 bits per heavy atom. The summed E-state index contributed by atoms with van der Waals surface area (Å²) in [5, 5.41) is 4.95. The first-order valence-corrected chi connectivity index (χ1v) is 13.3. The maximum absolute atomic E-state index is 13.3. The van der Waals surface area contributed by atoms with E-state index in [1.165, 1.54) is 18.2 Å². The van der Waals surface area contributed by atoms with E-state index < -0.39 is 32.7 Å². The number of alkyl halides is 3. The maximum atomic E-state index is 13.3. The van der Waals surface area contributed by atoms with E-state index in [2.05, 4.69) is 15.2 Å². The van der Waals surface area contributed by atoms with Crippen LogP contribution in [0.4, 0.5) is 13.2 Å². The number of hydrogen-bond acceptors (Lipinski definition) is 4. The predicted octanol–water partition coefficient (Wildman–Crippen LogP) is 7.43. The van der Waals surface area contributed by atoms with Crippen LogP contribution < -0.4 is 10.1 Å². The van der Waals surface area contributed by atoms with Crippen molar-refractivity contribution >= 4 is 62.1 Å². The fraction of sp³-hybridized carbons (Fsp3) is 0.174. The summed E-state index contributed by atoms with van der Waals surface area (Å²) >= 11 is 24.4. The van der Waals surface area contributed by atoms with Crippen LogP contribution in [0.5, 0.6) is 0 Å². The van der Waals surface area contributed by atoms with E-state index in [0.29, 0.717) is 33.5 Å². The molecular weight excluding hydrogens is 581 g/mol. The van der Waals surface area contributed by atoms with E-state index in [9.17, 15) is 21.6 Å². The number of rotatable bonds is 6. The standard InChI is InChI=1S/C23H16Cl4F3N3O2S/c24-14-4-1-12(2-5-14)19-11-20(32-31-19)22(16-7-6-15(25)10-18(16)27)33-36(34,35)21-9-13(23(28,29)30)3-8-17(21)26/h1-10,19,22,31,33H,11H2/t19?,22-/m1/s1. The smallest absolute Gasteiger partial charge is 0.302 e. The van der Waals surface area contributed by atoms with Crippen LogP contribution in [0.1, 0.15) is 35.2 Å². The Bertz CT molecular complexity index is 1430. The lowest BCUT2D eigenvalue weighted by Gasteiger charge is -2.21. The predicted molar refractivity (Wildman–Crippen MR) is 135 cm³/mol. The van der Waals surface area contributed by atoms with Gasteiger partial charge < -0.3 is 5.43 Å². The monoisotopic (exact) mass is 595 g/mol. The third kappa shape index (κ3) is 5.93. The zero-order chi connectivity index (χ0) is 26.3. The minimum absolute atomic E-state index is 0.142.